The molecular weight excluding hydrogens is 621 g/mol. The predicted molar refractivity (Wildman–Crippen MR) is 233 cm³/mol. The lowest BCUT2D eigenvalue weighted by Crippen LogP contribution is -2.61. The molecule has 0 amide bonds. The minimum Gasteiger partial charge on any atom is -0.430 e. The van der Waals surface area contributed by atoms with Crippen LogP contribution in [0.4, 0.5) is 0 Å². The lowest BCUT2D eigenvalue weighted by Gasteiger charge is -2.58. The van der Waals surface area contributed by atoms with E-state index in [9.17, 15) is 4.80 Å². The van der Waals surface area contributed by atoms with E-state index in [1.807, 2.05) is 0 Å². The smallest absolute Gasteiger partial charge is 0.205 e. The molecular formula is C48H100OSi. The molecule has 0 spiro atoms. The molecule has 0 aromatic rings. The fourth-order valence-corrected chi connectivity index (χ4v) is 17.1. The quantitative estimate of drug-likeness (QED) is 0.0495. The zero-order valence-electron chi connectivity index (χ0n) is 36.9. The van der Waals surface area contributed by atoms with Crippen LogP contribution in [0.1, 0.15) is 293 Å². The van der Waals surface area contributed by atoms with Crippen LogP contribution in [0, 0.1) is 0 Å². The molecule has 50 heavy (non-hydrogen) atoms. The maximum atomic E-state index is 13.4. The van der Waals surface area contributed by atoms with Gasteiger partial charge in [0.1, 0.15) is 0 Å². The number of rotatable bonds is 39. The predicted octanol–water partition coefficient (Wildman–Crippen LogP) is 18.4. The summed E-state index contributed by atoms with van der Waals surface area (Å²) in [6.07, 6.45) is 49.7. The van der Waals surface area contributed by atoms with Gasteiger partial charge in [-0.2, -0.15) is 0 Å². The van der Waals surface area contributed by atoms with Crippen LogP contribution in [0.2, 0.25) is 15.1 Å². The SMILES string of the molecule is CCCCCCCCCCCCCC(C)(C)[Si](O)(C(C)(C)CCCCCCCCCCCCC)C(C)(C)CCCCCCCCCCCCC. The molecule has 0 aromatic carbocycles. The Morgan fingerprint density at radius 1 is 0.260 bits per heavy atom. The summed E-state index contributed by atoms with van der Waals surface area (Å²) in [4.78, 5) is 13.4. The van der Waals surface area contributed by atoms with Crippen LogP contribution in [0.15, 0.2) is 0 Å². The molecule has 0 rings (SSSR count). The van der Waals surface area contributed by atoms with E-state index in [4.69, 9.17) is 0 Å². The van der Waals surface area contributed by atoms with Gasteiger partial charge in [-0.3, -0.25) is 0 Å². The Balaban J connectivity index is 5.05. The van der Waals surface area contributed by atoms with Crippen molar-refractivity contribution in [1.82, 2.24) is 0 Å². The van der Waals surface area contributed by atoms with Crippen molar-refractivity contribution >= 4 is 8.32 Å². The highest BCUT2D eigenvalue weighted by Gasteiger charge is 2.63. The third-order valence-electron chi connectivity index (χ3n) is 13.2. The van der Waals surface area contributed by atoms with Crippen molar-refractivity contribution in [2.45, 2.75) is 309 Å². The second-order valence-electron chi connectivity index (χ2n) is 19.2. The first-order chi connectivity index (χ1) is 23.9. The van der Waals surface area contributed by atoms with E-state index in [1.54, 1.807) is 0 Å². The molecule has 0 saturated heterocycles. The monoisotopic (exact) mass is 721 g/mol. The van der Waals surface area contributed by atoms with Gasteiger partial charge in [-0.15, -0.1) is 0 Å². The Bertz CT molecular complexity index is 616. The van der Waals surface area contributed by atoms with Gasteiger partial charge in [-0.05, 0) is 34.4 Å². The molecule has 0 unspecified atom stereocenters. The standard InChI is InChI=1S/C48H100OSi/c1-10-13-16-19-22-25-28-31-34-37-40-43-46(4,5)50(49,47(6,7)44-41-38-35-32-29-26-23-20-17-14-11-2)48(8,9)45-42-39-36-33-30-27-24-21-18-15-12-3/h49H,10-45H2,1-9H3. The summed E-state index contributed by atoms with van der Waals surface area (Å²) in [5.41, 5.74) is 0. The van der Waals surface area contributed by atoms with E-state index in [-0.39, 0.29) is 15.1 Å². The molecule has 0 fully saturated rings. The van der Waals surface area contributed by atoms with Gasteiger partial charge < -0.3 is 4.80 Å². The molecule has 302 valence electrons. The average molecular weight is 721 g/mol. The maximum Gasteiger partial charge on any atom is 0.205 e. The van der Waals surface area contributed by atoms with Gasteiger partial charge in [-0.25, -0.2) is 0 Å². The zero-order valence-corrected chi connectivity index (χ0v) is 37.9. The third kappa shape index (κ3) is 22.4. The van der Waals surface area contributed by atoms with Crippen molar-refractivity contribution in [1.29, 1.82) is 0 Å². The summed E-state index contributed by atoms with van der Waals surface area (Å²) >= 11 is 0. The van der Waals surface area contributed by atoms with Gasteiger partial charge in [0.15, 0.2) is 0 Å². The van der Waals surface area contributed by atoms with Crippen LogP contribution in [-0.2, 0) is 0 Å². The molecule has 0 saturated carbocycles. The van der Waals surface area contributed by atoms with Crippen molar-refractivity contribution in [3.8, 4) is 0 Å². The molecule has 2 heteroatoms. The van der Waals surface area contributed by atoms with Crippen molar-refractivity contribution in [2.24, 2.45) is 0 Å². The van der Waals surface area contributed by atoms with E-state index >= 15 is 0 Å². The highest BCUT2D eigenvalue weighted by Crippen LogP contribution is 2.65. The summed E-state index contributed by atoms with van der Waals surface area (Å²) < 4.78 is 0. The van der Waals surface area contributed by atoms with E-state index in [1.165, 1.54) is 231 Å². The van der Waals surface area contributed by atoms with Crippen LogP contribution in [0.3, 0.4) is 0 Å². The zero-order chi connectivity index (χ0) is 37.5. The van der Waals surface area contributed by atoms with Gasteiger partial charge >= 0.3 is 0 Å². The first-order valence-electron chi connectivity index (χ1n) is 23.7. The fraction of sp³-hybridized carbons (Fsp3) is 1.00. The average Bonchev–Trinajstić information content (AvgIpc) is 3.07. The lowest BCUT2D eigenvalue weighted by molar-refractivity contribution is 0.301. The second kappa shape index (κ2) is 31.5. The first-order valence-corrected chi connectivity index (χ1v) is 25.6. The molecule has 1 nitrogen and oxygen atoms in total. The highest BCUT2D eigenvalue weighted by molar-refractivity contribution is 6.81. The van der Waals surface area contributed by atoms with Gasteiger partial charge in [0.25, 0.3) is 0 Å². The van der Waals surface area contributed by atoms with Gasteiger partial charge in [0, 0.05) is 0 Å². The lowest BCUT2D eigenvalue weighted by atomic mass is 9.99. The molecule has 0 aliphatic carbocycles. The van der Waals surface area contributed by atoms with E-state index < -0.39 is 8.32 Å². The van der Waals surface area contributed by atoms with E-state index in [0.29, 0.717) is 0 Å². The van der Waals surface area contributed by atoms with Crippen LogP contribution >= 0.6 is 0 Å². The van der Waals surface area contributed by atoms with Crippen molar-refractivity contribution in [3.05, 3.63) is 0 Å². The minimum atomic E-state index is -2.72. The van der Waals surface area contributed by atoms with Gasteiger partial charge in [0.2, 0.25) is 8.32 Å². The van der Waals surface area contributed by atoms with Crippen molar-refractivity contribution in [3.63, 3.8) is 0 Å². The first kappa shape index (κ1) is 50.2. The van der Waals surface area contributed by atoms with E-state index in [2.05, 4.69) is 62.3 Å². The Morgan fingerprint density at radius 2 is 0.400 bits per heavy atom. The summed E-state index contributed by atoms with van der Waals surface area (Å²) in [6, 6.07) is 0. The Labute approximate surface area is 320 Å². The molecule has 0 radical (unpaired) electrons. The molecule has 0 atom stereocenters. The third-order valence-corrected chi connectivity index (χ3v) is 19.8. The van der Waals surface area contributed by atoms with Gasteiger partial charge in [0.05, 0.1) is 0 Å². The largest absolute Gasteiger partial charge is 0.430 e. The van der Waals surface area contributed by atoms with Gasteiger partial charge in [-0.1, -0.05) is 274 Å². The molecule has 1 N–H and O–H groups in total. The van der Waals surface area contributed by atoms with Crippen LogP contribution < -0.4 is 0 Å². The number of hydrogen-bond acceptors (Lipinski definition) is 1. The summed E-state index contributed by atoms with van der Waals surface area (Å²) in [5, 5.41) is 0.110. The van der Waals surface area contributed by atoms with E-state index in [0.717, 1.165) is 0 Å². The number of hydrogen-bond donors (Lipinski definition) is 1. The van der Waals surface area contributed by atoms with Crippen LogP contribution in [0.25, 0.3) is 0 Å². The fourth-order valence-electron chi connectivity index (χ4n) is 9.98. The second-order valence-corrected chi connectivity index (χ2v) is 24.7. The topological polar surface area (TPSA) is 20.2 Å². The Hall–Kier alpha value is 0.177. The summed E-state index contributed by atoms with van der Waals surface area (Å²) in [6.45, 7) is 21.9. The van der Waals surface area contributed by atoms with Crippen molar-refractivity contribution < 1.29 is 4.80 Å². The summed E-state index contributed by atoms with van der Waals surface area (Å²) in [7, 11) is -2.72. The molecule has 0 aromatic heterocycles. The number of unbranched alkanes of at least 4 members (excludes halogenated alkanes) is 30. The Kier molecular flexibility index (Phi) is 31.6. The normalized spacial score (nSPS) is 13.1. The maximum absolute atomic E-state index is 13.4. The van der Waals surface area contributed by atoms with Crippen LogP contribution in [0.5, 0.6) is 0 Å². The minimum absolute atomic E-state index is 0.0365. The molecule has 0 aliphatic rings. The molecule has 0 aliphatic heterocycles. The highest BCUT2D eigenvalue weighted by atomic mass is 28.4. The van der Waals surface area contributed by atoms with Crippen LogP contribution in [-0.4, -0.2) is 13.1 Å². The molecule has 0 bridgehead atoms. The summed E-state index contributed by atoms with van der Waals surface area (Å²) in [5.74, 6) is 0. The Morgan fingerprint density at radius 3 is 0.560 bits per heavy atom. The van der Waals surface area contributed by atoms with Crippen molar-refractivity contribution in [2.75, 3.05) is 0 Å². The molecule has 0 heterocycles.